The van der Waals surface area contributed by atoms with Crippen molar-refractivity contribution >= 4 is 50.9 Å². The average molecular weight is 468 g/mol. The summed E-state index contributed by atoms with van der Waals surface area (Å²) in [5.74, 6) is 2.36. The molecule has 4 heterocycles. The lowest BCUT2D eigenvalue weighted by Crippen LogP contribution is -2.50. The van der Waals surface area contributed by atoms with E-state index in [0.717, 1.165) is 33.0 Å². The van der Waals surface area contributed by atoms with Gasteiger partial charge in [0.1, 0.15) is 23.0 Å². The van der Waals surface area contributed by atoms with Gasteiger partial charge < -0.3 is 30.3 Å². The number of thiophene rings is 1. The molecule has 0 aliphatic carbocycles. The molecule has 172 valence electrons. The van der Waals surface area contributed by atoms with Crippen LogP contribution in [0.3, 0.4) is 0 Å². The fourth-order valence-electron chi connectivity index (χ4n) is 3.95. The molecular weight excluding hydrogens is 442 g/mol. The Bertz CT molecular complexity index is 1200. The Kier molecular flexibility index (Phi) is 5.63. The van der Waals surface area contributed by atoms with Crippen LogP contribution in [0.2, 0.25) is 0 Å². The van der Waals surface area contributed by atoms with Gasteiger partial charge in [0, 0.05) is 37.2 Å². The zero-order chi connectivity index (χ0) is 22.9. The topological polar surface area (TPSA) is 118 Å². The molecule has 1 fully saturated rings. The SMILES string of the molecule is COc1ccc(NC(=O)N2CCN(c3nc(N)nc4scc(C5=NC(C)CO5)c34)CC2)cc1. The third kappa shape index (κ3) is 4.23. The van der Waals surface area contributed by atoms with Crippen molar-refractivity contribution in [3.8, 4) is 5.75 Å². The molecular formula is C22H25N7O3S. The van der Waals surface area contributed by atoms with E-state index in [1.807, 2.05) is 36.6 Å². The number of piperazine rings is 1. The number of rotatable bonds is 4. The van der Waals surface area contributed by atoms with Crippen LogP contribution in [0.1, 0.15) is 12.5 Å². The second kappa shape index (κ2) is 8.74. The van der Waals surface area contributed by atoms with E-state index in [1.54, 1.807) is 12.0 Å². The third-order valence-electron chi connectivity index (χ3n) is 5.67. The van der Waals surface area contributed by atoms with Crippen molar-refractivity contribution < 1.29 is 14.3 Å². The molecule has 0 saturated carbocycles. The first-order chi connectivity index (χ1) is 16.0. The Balaban J connectivity index is 1.32. The number of aromatic nitrogens is 2. The summed E-state index contributed by atoms with van der Waals surface area (Å²) < 4.78 is 11.0. The second-order valence-electron chi connectivity index (χ2n) is 7.96. The van der Waals surface area contributed by atoms with Gasteiger partial charge in [-0.3, -0.25) is 0 Å². The molecule has 2 amide bonds. The number of benzene rings is 1. The van der Waals surface area contributed by atoms with Crippen LogP contribution in [0.15, 0.2) is 34.6 Å². The highest BCUT2D eigenvalue weighted by Gasteiger charge is 2.28. The minimum Gasteiger partial charge on any atom is -0.497 e. The highest BCUT2D eigenvalue weighted by Crippen LogP contribution is 2.34. The van der Waals surface area contributed by atoms with Crippen molar-refractivity contribution in [1.29, 1.82) is 0 Å². The van der Waals surface area contributed by atoms with Crippen LogP contribution >= 0.6 is 11.3 Å². The van der Waals surface area contributed by atoms with Crippen LogP contribution in [-0.2, 0) is 4.74 Å². The largest absolute Gasteiger partial charge is 0.497 e. The standard InChI is InChI=1S/C22H25N7O3S/c1-13-11-32-19(24-13)16-12-33-20-17(16)18(26-21(23)27-20)28-7-9-29(10-8-28)22(30)25-14-3-5-15(31-2)6-4-14/h3-6,12-13H,7-11H2,1-2H3,(H,25,30)(H2,23,26,27). The molecule has 1 saturated heterocycles. The van der Waals surface area contributed by atoms with Gasteiger partial charge in [-0.1, -0.05) is 0 Å². The molecule has 2 aliphatic heterocycles. The van der Waals surface area contributed by atoms with E-state index >= 15 is 0 Å². The number of amides is 2. The van der Waals surface area contributed by atoms with Crippen molar-refractivity contribution in [3.05, 3.63) is 35.2 Å². The van der Waals surface area contributed by atoms with Crippen LogP contribution < -0.4 is 20.7 Å². The number of urea groups is 1. The molecule has 1 unspecified atom stereocenters. The molecule has 1 atom stereocenters. The lowest BCUT2D eigenvalue weighted by atomic mass is 10.2. The van der Waals surface area contributed by atoms with Crippen molar-refractivity contribution in [2.45, 2.75) is 13.0 Å². The number of aliphatic imine (C=N–C) groups is 1. The van der Waals surface area contributed by atoms with E-state index in [0.29, 0.717) is 38.7 Å². The molecule has 11 heteroatoms. The highest BCUT2D eigenvalue weighted by molar-refractivity contribution is 7.17. The number of ether oxygens (including phenoxy) is 2. The molecule has 0 radical (unpaired) electrons. The molecule has 3 aromatic rings. The van der Waals surface area contributed by atoms with Gasteiger partial charge in [-0.05, 0) is 31.2 Å². The minimum absolute atomic E-state index is 0.126. The molecule has 10 nitrogen and oxygen atoms in total. The fraction of sp³-hybridized carbons (Fsp3) is 0.364. The zero-order valence-corrected chi connectivity index (χ0v) is 19.3. The third-order valence-corrected chi connectivity index (χ3v) is 6.54. The Morgan fingerprint density at radius 1 is 1.21 bits per heavy atom. The van der Waals surface area contributed by atoms with Gasteiger partial charge in [0.25, 0.3) is 0 Å². The summed E-state index contributed by atoms with van der Waals surface area (Å²) in [5, 5.41) is 5.84. The summed E-state index contributed by atoms with van der Waals surface area (Å²) in [6, 6.07) is 7.26. The number of nitrogens with two attached hydrogens (primary N) is 1. The van der Waals surface area contributed by atoms with Crippen molar-refractivity contribution in [3.63, 3.8) is 0 Å². The smallest absolute Gasteiger partial charge is 0.321 e. The molecule has 33 heavy (non-hydrogen) atoms. The van der Waals surface area contributed by atoms with Crippen LogP contribution in [0.4, 0.5) is 22.2 Å². The quantitative estimate of drug-likeness (QED) is 0.606. The number of hydrogen-bond acceptors (Lipinski definition) is 9. The van der Waals surface area contributed by atoms with Gasteiger partial charge in [-0.15, -0.1) is 11.3 Å². The average Bonchev–Trinajstić information content (AvgIpc) is 3.45. The van der Waals surface area contributed by atoms with Crippen molar-refractivity contribution in [2.24, 2.45) is 4.99 Å². The van der Waals surface area contributed by atoms with Crippen LogP contribution in [0.5, 0.6) is 5.75 Å². The van der Waals surface area contributed by atoms with Gasteiger partial charge in [-0.25, -0.2) is 14.8 Å². The first-order valence-corrected chi connectivity index (χ1v) is 11.6. The molecule has 5 rings (SSSR count). The molecule has 3 N–H and O–H groups in total. The summed E-state index contributed by atoms with van der Waals surface area (Å²) in [4.78, 5) is 31.1. The zero-order valence-electron chi connectivity index (χ0n) is 18.4. The van der Waals surface area contributed by atoms with Gasteiger partial charge in [0.15, 0.2) is 0 Å². The van der Waals surface area contributed by atoms with E-state index in [9.17, 15) is 4.79 Å². The maximum atomic E-state index is 12.7. The number of nitrogen functional groups attached to an aromatic ring is 1. The molecule has 2 aromatic heterocycles. The second-order valence-corrected chi connectivity index (χ2v) is 8.82. The summed E-state index contributed by atoms with van der Waals surface area (Å²) in [5.41, 5.74) is 7.63. The van der Waals surface area contributed by atoms with Gasteiger partial charge in [0.05, 0.1) is 24.1 Å². The molecule has 1 aromatic carbocycles. The van der Waals surface area contributed by atoms with Crippen molar-refractivity contribution in [2.75, 3.05) is 55.8 Å². The van der Waals surface area contributed by atoms with Crippen LogP contribution in [-0.4, -0.2) is 72.7 Å². The monoisotopic (exact) mass is 467 g/mol. The van der Waals surface area contributed by atoms with E-state index in [2.05, 4.69) is 25.2 Å². The lowest BCUT2D eigenvalue weighted by molar-refractivity contribution is 0.208. The Morgan fingerprint density at radius 3 is 2.64 bits per heavy atom. The van der Waals surface area contributed by atoms with Gasteiger partial charge in [0.2, 0.25) is 11.8 Å². The number of nitrogens with one attached hydrogen (secondary N) is 1. The van der Waals surface area contributed by atoms with Crippen molar-refractivity contribution in [1.82, 2.24) is 14.9 Å². The summed E-state index contributed by atoms with van der Waals surface area (Å²) in [6.07, 6.45) is 0. The van der Waals surface area contributed by atoms with E-state index in [4.69, 9.17) is 15.2 Å². The van der Waals surface area contributed by atoms with E-state index in [1.165, 1.54) is 11.3 Å². The number of methoxy groups -OCH3 is 1. The first-order valence-electron chi connectivity index (χ1n) is 10.7. The normalized spacial score (nSPS) is 18.2. The Morgan fingerprint density at radius 2 is 1.97 bits per heavy atom. The summed E-state index contributed by atoms with van der Waals surface area (Å²) in [7, 11) is 1.61. The van der Waals surface area contributed by atoms with Gasteiger partial charge in [-0.2, -0.15) is 4.98 Å². The number of hydrogen-bond donors (Lipinski definition) is 2. The van der Waals surface area contributed by atoms with Crippen LogP contribution in [0, 0.1) is 0 Å². The predicted octanol–water partition coefficient (Wildman–Crippen LogP) is 2.80. The summed E-state index contributed by atoms with van der Waals surface area (Å²) >= 11 is 1.50. The lowest BCUT2D eigenvalue weighted by Gasteiger charge is -2.35. The number of anilines is 3. The molecule has 2 aliphatic rings. The summed E-state index contributed by atoms with van der Waals surface area (Å²) in [6.45, 7) is 4.96. The Hall–Kier alpha value is -3.60. The number of fused-ring (bicyclic) bond motifs is 1. The Labute approximate surface area is 195 Å². The highest BCUT2D eigenvalue weighted by atomic mass is 32.1. The molecule has 0 bridgehead atoms. The van der Waals surface area contributed by atoms with Crippen LogP contribution in [0.25, 0.3) is 10.2 Å². The van der Waals surface area contributed by atoms with E-state index in [-0.39, 0.29) is 18.0 Å². The molecule has 0 spiro atoms. The van der Waals surface area contributed by atoms with Gasteiger partial charge >= 0.3 is 6.03 Å². The minimum atomic E-state index is -0.133. The predicted molar refractivity (Wildman–Crippen MR) is 130 cm³/mol. The number of carbonyl (C=O) groups is 1. The maximum absolute atomic E-state index is 12.7. The van der Waals surface area contributed by atoms with E-state index < -0.39 is 0 Å². The number of nitrogens with zero attached hydrogens (tertiary/aromatic N) is 5. The maximum Gasteiger partial charge on any atom is 0.321 e. The first kappa shape index (κ1) is 21.3. The number of carbonyl (C=O) groups excluding carboxylic acids is 1. The fourth-order valence-corrected chi connectivity index (χ4v) is 4.86.